The van der Waals surface area contributed by atoms with Gasteiger partial charge in [0.25, 0.3) is 0 Å². The second-order valence-electron chi connectivity index (χ2n) is 6.49. The van der Waals surface area contributed by atoms with Gasteiger partial charge in [-0.3, -0.25) is 0 Å². The summed E-state index contributed by atoms with van der Waals surface area (Å²) in [5, 5.41) is 0. The van der Waals surface area contributed by atoms with E-state index in [1.54, 1.807) is 18.2 Å². The second kappa shape index (κ2) is 6.02. The molecule has 0 amide bonds. The zero-order valence-corrected chi connectivity index (χ0v) is 14.6. The lowest BCUT2D eigenvalue weighted by atomic mass is 10.2. The maximum Gasteiger partial charge on any atom is 0.215 e. The monoisotopic (exact) mass is 358 g/mol. The molecule has 6 heteroatoms. The van der Waals surface area contributed by atoms with Gasteiger partial charge < -0.3 is 8.98 Å². The van der Waals surface area contributed by atoms with Gasteiger partial charge in [-0.25, -0.2) is 19.3 Å². The summed E-state index contributed by atoms with van der Waals surface area (Å²) in [5.74, 6) is 0.675. The maximum atomic E-state index is 14.0. The lowest BCUT2D eigenvalue weighted by molar-refractivity contribution is 0.508. The van der Waals surface area contributed by atoms with Crippen molar-refractivity contribution in [3.05, 3.63) is 78.2 Å². The van der Waals surface area contributed by atoms with Crippen molar-refractivity contribution in [2.24, 2.45) is 0 Å². The first kappa shape index (κ1) is 15.7. The molecular weight excluding hydrogens is 343 g/mol. The Morgan fingerprint density at radius 1 is 1.00 bits per heavy atom. The molecule has 0 aliphatic carbocycles. The van der Waals surface area contributed by atoms with E-state index >= 15 is 0 Å². The molecule has 2 aliphatic heterocycles. The van der Waals surface area contributed by atoms with Crippen LogP contribution < -0.4 is 0 Å². The average Bonchev–Trinajstić information content (AvgIpc) is 3.24. The molecule has 0 saturated carbocycles. The summed E-state index contributed by atoms with van der Waals surface area (Å²) in [5.41, 5.74) is 4.58. The van der Waals surface area contributed by atoms with E-state index in [1.165, 1.54) is 6.07 Å². The Hall–Kier alpha value is -3.54. The highest BCUT2D eigenvalue weighted by Gasteiger charge is 2.15. The molecule has 0 fully saturated rings. The number of nitrogens with zero attached hydrogens (tertiary/aromatic N) is 4. The average molecular weight is 358 g/mol. The fourth-order valence-electron chi connectivity index (χ4n) is 3.12. The fourth-order valence-corrected chi connectivity index (χ4v) is 3.12. The van der Waals surface area contributed by atoms with Gasteiger partial charge in [0.15, 0.2) is 11.4 Å². The fraction of sp³-hybridized carbons (Fsp3) is 0.0952. The molecule has 27 heavy (non-hydrogen) atoms. The number of pyridine rings is 1. The number of halogens is 1. The number of hydrogen-bond acceptors (Lipinski definition) is 4. The molecule has 2 aromatic carbocycles. The Kier molecular flexibility index (Phi) is 3.50. The molecule has 0 unspecified atom stereocenters. The number of aromatic nitrogens is 4. The summed E-state index contributed by atoms with van der Waals surface area (Å²) in [6.07, 6.45) is 3.76. The molecule has 3 heterocycles. The van der Waals surface area contributed by atoms with Crippen molar-refractivity contribution in [2.45, 2.75) is 13.5 Å². The van der Waals surface area contributed by atoms with Crippen LogP contribution in [0.25, 0.3) is 33.9 Å². The molecule has 132 valence electrons. The van der Waals surface area contributed by atoms with Crippen molar-refractivity contribution in [1.29, 1.82) is 0 Å². The van der Waals surface area contributed by atoms with E-state index in [1.807, 2.05) is 48.1 Å². The van der Waals surface area contributed by atoms with Crippen molar-refractivity contribution in [3.8, 4) is 22.8 Å². The quantitative estimate of drug-likeness (QED) is 0.470. The number of oxazole rings is 1. The summed E-state index contributed by atoms with van der Waals surface area (Å²) in [7, 11) is 0. The third-order valence-electron chi connectivity index (χ3n) is 4.45. The third-order valence-corrected chi connectivity index (χ3v) is 4.45. The first-order valence-corrected chi connectivity index (χ1v) is 8.60. The normalized spacial score (nSPS) is 11.5. The largest absolute Gasteiger partial charge is 0.439 e. The predicted molar refractivity (Wildman–Crippen MR) is 99.9 cm³/mol. The molecular formula is C21H15FN4O. The number of rotatable bonds is 3. The first-order valence-electron chi connectivity index (χ1n) is 8.60. The maximum absolute atomic E-state index is 14.0. The summed E-state index contributed by atoms with van der Waals surface area (Å²) in [4.78, 5) is 13.5. The number of aryl methyl sites for hydroxylation is 1. The molecule has 0 N–H and O–H groups in total. The van der Waals surface area contributed by atoms with Crippen LogP contribution in [0.15, 0.2) is 65.3 Å². The Morgan fingerprint density at radius 3 is 2.74 bits per heavy atom. The molecule has 1 aromatic heterocycles. The van der Waals surface area contributed by atoms with Gasteiger partial charge in [0, 0.05) is 12.4 Å². The molecule has 0 spiro atoms. The SMILES string of the molecule is Cc1ccc2oc(Cn3ccc4nc(-c5ccccc5F)nc-4c3)nc2c1. The van der Waals surface area contributed by atoms with Crippen LogP contribution in [0.5, 0.6) is 0 Å². The number of imidazole rings is 1. The topological polar surface area (TPSA) is 56.7 Å². The molecule has 0 saturated heterocycles. The summed E-state index contributed by atoms with van der Waals surface area (Å²) in [6.45, 7) is 2.50. The van der Waals surface area contributed by atoms with Crippen LogP contribution in [0.2, 0.25) is 0 Å². The molecule has 5 rings (SSSR count). The van der Waals surface area contributed by atoms with E-state index in [-0.39, 0.29) is 5.82 Å². The van der Waals surface area contributed by atoms with Crippen molar-refractivity contribution >= 4 is 11.1 Å². The number of hydrogen-bond donors (Lipinski definition) is 0. The smallest absolute Gasteiger partial charge is 0.215 e. The van der Waals surface area contributed by atoms with Gasteiger partial charge in [-0.2, -0.15) is 0 Å². The van der Waals surface area contributed by atoms with E-state index in [2.05, 4.69) is 15.0 Å². The zero-order chi connectivity index (χ0) is 18.4. The minimum atomic E-state index is -0.331. The van der Waals surface area contributed by atoms with Gasteiger partial charge in [-0.05, 0) is 42.8 Å². The predicted octanol–water partition coefficient (Wildman–Crippen LogP) is 4.69. The van der Waals surface area contributed by atoms with Gasteiger partial charge in [-0.15, -0.1) is 0 Å². The third kappa shape index (κ3) is 2.85. The van der Waals surface area contributed by atoms with Gasteiger partial charge in [0.1, 0.15) is 17.0 Å². The van der Waals surface area contributed by atoms with Crippen LogP contribution in [-0.4, -0.2) is 19.5 Å². The Labute approximate surface area is 154 Å². The molecule has 0 radical (unpaired) electrons. The second-order valence-corrected chi connectivity index (χ2v) is 6.49. The molecule has 0 bridgehead atoms. The van der Waals surface area contributed by atoms with Gasteiger partial charge in [-0.1, -0.05) is 18.2 Å². The van der Waals surface area contributed by atoms with Crippen molar-refractivity contribution < 1.29 is 8.81 Å². The van der Waals surface area contributed by atoms with Gasteiger partial charge in [0.2, 0.25) is 5.89 Å². The van der Waals surface area contributed by atoms with Crippen molar-refractivity contribution in [2.75, 3.05) is 0 Å². The van der Waals surface area contributed by atoms with Crippen LogP contribution >= 0.6 is 0 Å². The summed E-state index contributed by atoms with van der Waals surface area (Å²) >= 11 is 0. The van der Waals surface area contributed by atoms with E-state index in [9.17, 15) is 4.39 Å². The van der Waals surface area contributed by atoms with E-state index in [0.717, 1.165) is 22.4 Å². The number of benzene rings is 2. The lowest BCUT2D eigenvalue weighted by Crippen LogP contribution is -2.01. The minimum Gasteiger partial charge on any atom is -0.439 e. The van der Waals surface area contributed by atoms with Crippen LogP contribution in [0, 0.1) is 12.7 Å². The minimum absolute atomic E-state index is 0.331. The number of fused-ring (bicyclic) bond motifs is 2. The highest BCUT2D eigenvalue weighted by molar-refractivity contribution is 5.73. The van der Waals surface area contributed by atoms with Gasteiger partial charge >= 0.3 is 0 Å². The zero-order valence-electron chi connectivity index (χ0n) is 14.6. The highest BCUT2D eigenvalue weighted by Crippen LogP contribution is 2.26. The van der Waals surface area contributed by atoms with Crippen LogP contribution in [0.3, 0.4) is 0 Å². The van der Waals surface area contributed by atoms with E-state index in [4.69, 9.17) is 4.42 Å². The molecule has 0 atom stereocenters. The Balaban J connectivity index is 1.49. The van der Waals surface area contributed by atoms with Crippen molar-refractivity contribution in [3.63, 3.8) is 0 Å². The lowest BCUT2D eigenvalue weighted by Gasteiger charge is -2.04. The summed E-state index contributed by atoms with van der Waals surface area (Å²) < 4.78 is 21.7. The highest BCUT2D eigenvalue weighted by atomic mass is 19.1. The first-order chi connectivity index (χ1) is 13.2. The summed E-state index contributed by atoms with van der Waals surface area (Å²) in [6, 6.07) is 14.3. The van der Waals surface area contributed by atoms with Crippen LogP contribution in [0.1, 0.15) is 11.5 Å². The van der Waals surface area contributed by atoms with Gasteiger partial charge in [0.05, 0.1) is 17.8 Å². The van der Waals surface area contributed by atoms with Crippen LogP contribution in [-0.2, 0) is 6.54 Å². The Bertz CT molecular complexity index is 1240. The van der Waals surface area contributed by atoms with E-state index in [0.29, 0.717) is 29.5 Å². The van der Waals surface area contributed by atoms with Crippen LogP contribution in [0.4, 0.5) is 4.39 Å². The molecule has 2 aliphatic rings. The Morgan fingerprint density at radius 2 is 1.85 bits per heavy atom. The van der Waals surface area contributed by atoms with E-state index < -0.39 is 0 Å². The molecule has 3 aromatic rings. The standard InChI is InChI=1S/C21H15FN4O/c1-13-6-7-19-17(10-13)23-20(27-19)12-26-9-8-16-18(11-26)25-21(24-16)14-4-2-3-5-15(14)22/h2-11H,12H2,1H3. The van der Waals surface area contributed by atoms with Crippen molar-refractivity contribution in [1.82, 2.24) is 19.5 Å². The molecule has 5 nitrogen and oxygen atoms in total.